The molecule has 188 valence electrons. The predicted octanol–water partition coefficient (Wildman–Crippen LogP) is 2.80. The molecule has 0 aliphatic rings. The molecule has 0 aliphatic heterocycles. The fourth-order valence-corrected chi connectivity index (χ4v) is 4.01. The first-order valence-electron chi connectivity index (χ1n) is 12.2. The van der Waals surface area contributed by atoms with Crippen LogP contribution >= 0.6 is 0 Å². The van der Waals surface area contributed by atoms with Crippen molar-refractivity contribution in [2.24, 2.45) is 17.2 Å². The first-order chi connectivity index (χ1) is 15.2. The average Bonchev–Trinajstić information content (AvgIpc) is 2.73. The summed E-state index contributed by atoms with van der Waals surface area (Å²) in [5, 5.41) is 19.7. The molecule has 0 radical (unpaired) electrons. The van der Waals surface area contributed by atoms with Crippen LogP contribution in [0, 0.1) is 0 Å². The van der Waals surface area contributed by atoms with E-state index in [1.165, 1.54) is 43.4 Å². The van der Waals surface area contributed by atoms with Crippen molar-refractivity contribution in [1.82, 2.24) is 4.90 Å². The van der Waals surface area contributed by atoms with Gasteiger partial charge in [-0.1, -0.05) is 64.7 Å². The number of unbranched alkanes of at least 4 members (excludes halogenated alkanes) is 10. The molecule has 9 nitrogen and oxygen atoms in total. The first kappa shape index (κ1) is 30.3. The summed E-state index contributed by atoms with van der Waals surface area (Å²) in [6.45, 7) is 2.83. The van der Waals surface area contributed by atoms with Gasteiger partial charge in [-0.15, -0.1) is 0 Å². The smallest absolute Gasteiger partial charge is 0.338 e. The topological polar surface area (TPSA) is 173 Å². The predicted molar refractivity (Wildman–Crippen MR) is 126 cm³/mol. The highest BCUT2D eigenvalue weighted by Gasteiger charge is 2.45. The molecule has 0 aromatic rings. The fourth-order valence-electron chi connectivity index (χ4n) is 4.01. The summed E-state index contributed by atoms with van der Waals surface area (Å²) in [7, 11) is 0. The Bertz CT molecular complexity index is 546. The second-order valence-electron chi connectivity index (χ2n) is 8.71. The Kier molecular flexibility index (Phi) is 16.8. The van der Waals surface area contributed by atoms with Crippen LogP contribution in [-0.2, 0) is 14.4 Å². The summed E-state index contributed by atoms with van der Waals surface area (Å²) in [6.07, 6.45) is 12.0. The number of nitrogens with zero attached hydrogens (tertiary/aromatic N) is 1. The Morgan fingerprint density at radius 3 is 1.84 bits per heavy atom. The lowest BCUT2D eigenvalue weighted by molar-refractivity contribution is -0.160. The van der Waals surface area contributed by atoms with Crippen molar-refractivity contribution >= 4 is 17.8 Å². The van der Waals surface area contributed by atoms with Crippen molar-refractivity contribution in [3.05, 3.63) is 0 Å². The molecule has 0 heterocycles. The molecule has 0 aromatic heterocycles. The molecule has 32 heavy (non-hydrogen) atoms. The number of primary amides is 1. The van der Waals surface area contributed by atoms with Gasteiger partial charge in [0.1, 0.15) is 6.04 Å². The minimum absolute atomic E-state index is 0.0778. The Balaban J connectivity index is 5.03. The Hall–Kier alpha value is -1.71. The number of aliphatic carboxylic acids is 2. The van der Waals surface area contributed by atoms with Gasteiger partial charge in [-0.05, 0) is 38.6 Å². The van der Waals surface area contributed by atoms with Gasteiger partial charge in [0, 0.05) is 13.0 Å². The van der Waals surface area contributed by atoms with Crippen LogP contribution < -0.4 is 17.2 Å². The van der Waals surface area contributed by atoms with Gasteiger partial charge in [-0.3, -0.25) is 14.5 Å². The third-order valence-corrected chi connectivity index (χ3v) is 5.97. The van der Waals surface area contributed by atoms with Gasteiger partial charge < -0.3 is 27.4 Å². The van der Waals surface area contributed by atoms with Gasteiger partial charge in [-0.25, -0.2) is 4.79 Å². The number of amides is 1. The molecular formula is C23H46N4O5. The molecule has 8 N–H and O–H groups in total. The number of hydrogen-bond donors (Lipinski definition) is 5. The van der Waals surface area contributed by atoms with E-state index in [1.807, 2.05) is 0 Å². The molecule has 2 atom stereocenters. The molecule has 0 unspecified atom stereocenters. The highest BCUT2D eigenvalue weighted by Crippen LogP contribution is 2.24. The first-order valence-corrected chi connectivity index (χ1v) is 12.2. The largest absolute Gasteiger partial charge is 0.480 e. The van der Waals surface area contributed by atoms with Crippen molar-refractivity contribution in [1.29, 1.82) is 0 Å². The van der Waals surface area contributed by atoms with Crippen LogP contribution in [-0.4, -0.2) is 57.8 Å². The quantitative estimate of drug-likeness (QED) is 0.122. The van der Waals surface area contributed by atoms with Gasteiger partial charge in [0.25, 0.3) is 0 Å². The van der Waals surface area contributed by atoms with E-state index in [9.17, 15) is 24.6 Å². The summed E-state index contributed by atoms with van der Waals surface area (Å²) in [5.74, 6) is -3.10. The van der Waals surface area contributed by atoms with E-state index in [0.717, 1.165) is 19.3 Å². The highest BCUT2D eigenvalue weighted by atomic mass is 16.4. The molecule has 0 rings (SSSR count). The molecule has 0 spiro atoms. The molecule has 0 aliphatic carbocycles. The van der Waals surface area contributed by atoms with E-state index in [0.29, 0.717) is 25.8 Å². The summed E-state index contributed by atoms with van der Waals surface area (Å²) >= 11 is 0. The van der Waals surface area contributed by atoms with Gasteiger partial charge in [-0.2, -0.15) is 0 Å². The number of carboxylic acids is 2. The zero-order valence-corrected chi connectivity index (χ0v) is 19.9. The van der Waals surface area contributed by atoms with Crippen molar-refractivity contribution in [2.45, 2.75) is 115 Å². The molecule has 0 fully saturated rings. The van der Waals surface area contributed by atoms with Gasteiger partial charge >= 0.3 is 11.9 Å². The SMILES string of the molecule is CCCCCCCCCCCCN([C@@H](CCC(N)=O)C(=O)O)[C@](N)(CCCCN)C(=O)O. The van der Waals surface area contributed by atoms with Crippen molar-refractivity contribution in [3.8, 4) is 0 Å². The van der Waals surface area contributed by atoms with Crippen LogP contribution in [0.15, 0.2) is 0 Å². The molecule has 0 bridgehead atoms. The van der Waals surface area contributed by atoms with Crippen LogP contribution in [0.2, 0.25) is 0 Å². The third kappa shape index (κ3) is 12.4. The minimum Gasteiger partial charge on any atom is -0.480 e. The second kappa shape index (κ2) is 17.8. The number of carbonyl (C=O) groups excluding carboxylic acids is 1. The number of hydrogen-bond acceptors (Lipinski definition) is 6. The number of carbonyl (C=O) groups is 3. The Morgan fingerprint density at radius 2 is 1.41 bits per heavy atom. The monoisotopic (exact) mass is 458 g/mol. The van der Waals surface area contributed by atoms with Crippen LogP contribution in [0.25, 0.3) is 0 Å². The van der Waals surface area contributed by atoms with Crippen molar-refractivity contribution in [3.63, 3.8) is 0 Å². The lowest BCUT2D eigenvalue weighted by Gasteiger charge is -2.41. The van der Waals surface area contributed by atoms with Crippen LogP contribution in [0.5, 0.6) is 0 Å². The summed E-state index contributed by atoms with van der Waals surface area (Å²) < 4.78 is 0. The molecule has 9 heteroatoms. The average molecular weight is 459 g/mol. The zero-order chi connectivity index (χ0) is 24.4. The van der Waals surface area contributed by atoms with E-state index in [1.54, 1.807) is 0 Å². The molecule has 0 saturated carbocycles. The van der Waals surface area contributed by atoms with Crippen LogP contribution in [0.1, 0.15) is 103 Å². The number of carboxylic acid groups (broad SMARTS) is 2. The maximum atomic E-state index is 12.1. The van der Waals surface area contributed by atoms with Crippen molar-refractivity contribution in [2.75, 3.05) is 13.1 Å². The Labute approximate surface area is 193 Å². The maximum absolute atomic E-state index is 12.1. The third-order valence-electron chi connectivity index (χ3n) is 5.97. The summed E-state index contributed by atoms with van der Waals surface area (Å²) in [4.78, 5) is 36.7. The molecule has 0 aromatic carbocycles. The molecular weight excluding hydrogens is 412 g/mol. The highest BCUT2D eigenvalue weighted by molar-refractivity contribution is 5.81. The van der Waals surface area contributed by atoms with Gasteiger partial charge in [0.2, 0.25) is 5.91 Å². The zero-order valence-electron chi connectivity index (χ0n) is 19.9. The molecule has 1 amide bonds. The number of rotatable bonds is 22. The maximum Gasteiger partial charge on any atom is 0.338 e. The summed E-state index contributed by atoms with van der Waals surface area (Å²) in [6, 6.07) is -1.19. The minimum atomic E-state index is -1.84. The normalized spacial score (nSPS) is 14.2. The van der Waals surface area contributed by atoms with E-state index in [-0.39, 0.29) is 25.8 Å². The van der Waals surface area contributed by atoms with E-state index in [2.05, 4.69) is 6.92 Å². The van der Waals surface area contributed by atoms with E-state index >= 15 is 0 Å². The Morgan fingerprint density at radius 1 is 0.875 bits per heavy atom. The molecule has 0 saturated heterocycles. The van der Waals surface area contributed by atoms with Crippen LogP contribution in [0.4, 0.5) is 0 Å². The van der Waals surface area contributed by atoms with Crippen molar-refractivity contribution < 1.29 is 24.6 Å². The lowest BCUT2D eigenvalue weighted by Crippen LogP contribution is -2.66. The van der Waals surface area contributed by atoms with E-state index < -0.39 is 29.6 Å². The standard InChI is InChI=1S/C23H46N4O5/c1-2-3-4-5-6-7-8-9-10-13-18-27(19(21(29)30)14-15-20(25)28)23(26,22(31)32)16-11-12-17-24/h19H,2-18,24,26H2,1H3,(H2,25,28)(H,29,30)(H,31,32)/t19-,23+/m0/s1. The second-order valence-corrected chi connectivity index (χ2v) is 8.71. The number of nitrogens with two attached hydrogens (primary N) is 3. The fraction of sp³-hybridized carbons (Fsp3) is 0.870. The van der Waals surface area contributed by atoms with Gasteiger partial charge in [0.15, 0.2) is 5.66 Å². The van der Waals surface area contributed by atoms with E-state index in [4.69, 9.17) is 17.2 Å². The van der Waals surface area contributed by atoms with Gasteiger partial charge in [0.05, 0.1) is 0 Å². The van der Waals surface area contributed by atoms with Crippen LogP contribution in [0.3, 0.4) is 0 Å². The lowest BCUT2D eigenvalue weighted by atomic mass is 9.96. The summed E-state index contributed by atoms with van der Waals surface area (Å²) in [5.41, 5.74) is 15.2.